The molecule has 1 aromatic rings. The van der Waals surface area contributed by atoms with Crippen LogP contribution >= 0.6 is 0 Å². The fraction of sp³-hybridized carbons (Fsp3) is 0.705. The molecule has 10 atom stereocenters. The van der Waals surface area contributed by atoms with Crippen LogP contribution in [0.25, 0.3) is 0 Å². The topological polar surface area (TPSA) is 101 Å². The summed E-state index contributed by atoms with van der Waals surface area (Å²) >= 11 is 0. The molecule has 5 aliphatic rings. The van der Waals surface area contributed by atoms with Crippen molar-refractivity contribution in [2.45, 2.75) is 132 Å². The first-order valence-corrected chi connectivity index (χ1v) is 19.3. The number of carbonyl (C=O) groups is 3. The summed E-state index contributed by atoms with van der Waals surface area (Å²) in [6.45, 7) is 22.0. The van der Waals surface area contributed by atoms with Gasteiger partial charge in [-0.3, -0.25) is 9.59 Å². The lowest BCUT2D eigenvalue weighted by atomic mass is 9.32. The van der Waals surface area contributed by atoms with Crippen LogP contribution in [0.15, 0.2) is 30.4 Å². The number of ether oxygens (including phenoxy) is 1. The van der Waals surface area contributed by atoms with Gasteiger partial charge < -0.3 is 14.9 Å². The summed E-state index contributed by atoms with van der Waals surface area (Å²) in [5.41, 5.74) is 0.0861. The zero-order valence-electron chi connectivity index (χ0n) is 32.1. The highest BCUT2D eigenvalue weighted by molar-refractivity contribution is 5.90. The molecule has 51 heavy (non-hydrogen) atoms. The van der Waals surface area contributed by atoms with E-state index in [0.29, 0.717) is 29.6 Å². The third kappa shape index (κ3) is 5.77. The SMILES string of the molecule is C=C(C)C1CC[C@]2(C#Cc3cc(F)ccc3C(=O)O)CCC3(C)C(CCC4[C@@]5(C)CC[C@H](OC(=O)CC(C)(C)C(=O)O)C(C)(C)C5CC[C@]43C)C12. The molecular weight excluding hydrogens is 643 g/mol. The monoisotopic (exact) mass is 702 g/mol. The first-order chi connectivity index (χ1) is 23.6. The minimum absolute atomic E-state index is 0.0430. The van der Waals surface area contributed by atoms with Crippen molar-refractivity contribution in [3.63, 3.8) is 0 Å². The van der Waals surface area contributed by atoms with E-state index in [4.69, 9.17) is 4.74 Å². The van der Waals surface area contributed by atoms with E-state index in [1.54, 1.807) is 13.8 Å². The van der Waals surface area contributed by atoms with Crippen LogP contribution in [0, 0.1) is 79.7 Å². The third-order valence-corrected chi connectivity index (χ3v) is 16.1. The molecule has 6 nitrogen and oxygen atoms in total. The van der Waals surface area contributed by atoms with Crippen LogP contribution in [-0.2, 0) is 14.3 Å². The average Bonchev–Trinajstić information content (AvgIpc) is 3.41. The number of benzene rings is 1. The molecule has 6 rings (SSSR count). The molecule has 5 saturated carbocycles. The number of fused-ring (bicyclic) bond motifs is 7. The van der Waals surface area contributed by atoms with Gasteiger partial charge in [0.1, 0.15) is 11.9 Å². The Morgan fingerprint density at radius 2 is 1.63 bits per heavy atom. The van der Waals surface area contributed by atoms with Gasteiger partial charge in [-0.05, 0) is 149 Å². The highest BCUT2D eigenvalue weighted by Gasteiger charge is 2.71. The molecule has 7 heteroatoms. The number of allylic oxidation sites excluding steroid dienone is 1. The maximum atomic E-state index is 14.3. The molecule has 0 amide bonds. The van der Waals surface area contributed by atoms with Gasteiger partial charge in [0, 0.05) is 16.4 Å². The first kappa shape index (κ1) is 37.6. The predicted molar refractivity (Wildman–Crippen MR) is 195 cm³/mol. The molecule has 6 unspecified atom stereocenters. The van der Waals surface area contributed by atoms with E-state index in [9.17, 15) is 29.0 Å². The molecule has 1 aromatic carbocycles. The number of aliphatic carboxylic acids is 1. The van der Waals surface area contributed by atoms with E-state index < -0.39 is 29.1 Å². The number of aromatic carboxylic acids is 1. The largest absolute Gasteiger partial charge is 0.481 e. The molecule has 0 saturated heterocycles. The van der Waals surface area contributed by atoms with Gasteiger partial charge in [0.2, 0.25) is 0 Å². The van der Waals surface area contributed by atoms with E-state index >= 15 is 0 Å². The van der Waals surface area contributed by atoms with Gasteiger partial charge in [0.15, 0.2) is 0 Å². The number of carboxylic acids is 2. The molecule has 0 aliphatic heterocycles. The summed E-state index contributed by atoms with van der Waals surface area (Å²) in [6, 6.07) is 3.77. The summed E-state index contributed by atoms with van der Waals surface area (Å²) in [5.74, 6) is 5.89. The van der Waals surface area contributed by atoms with Crippen molar-refractivity contribution < 1.29 is 33.7 Å². The molecule has 5 aliphatic carbocycles. The maximum Gasteiger partial charge on any atom is 0.336 e. The van der Waals surface area contributed by atoms with Crippen LogP contribution in [-0.4, -0.2) is 34.2 Å². The lowest BCUT2D eigenvalue weighted by molar-refractivity contribution is -0.247. The van der Waals surface area contributed by atoms with Crippen LogP contribution in [0.4, 0.5) is 4.39 Å². The summed E-state index contributed by atoms with van der Waals surface area (Å²) in [4.78, 5) is 36.8. The van der Waals surface area contributed by atoms with Crippen molar-refractivity contribution in [3.05, 3.63) is 47.3 Å². The molecule has 0 bridgehead atoms. The highest BCUT2D eigenvalue weighted by Crippen LogP contribution is 2.77. The standard InChI is InChI=1S/C44H59FO6/c1-26(2)29-15-21-44(20-14-27-24-28(45)10-11-30(27)37(47)48)23-22-42(8)31(36(29)44)12-13-33-41(7)18-17-34(51-35(46)25-39(3,4)38(49)50)40(5,6)32(41)16-19-43(33,42)9/h10-11,24,29,31-34,36H,1,12-13,15-19,21-23,25H2,2-9H3,(H,47,48)(H,49,50)/t29?,31?,32?,33?,34-,36?,41-,42?,43+,44+/m0/s1. The molecule has 0 aromatic heterocycles. The Balaban J connectivity index is 1.30. The van der Waals surface area contributed by atoms with Gasteiger partial charge >= 0.3 is 17.9 Å². The maximum absolute atomic E-state index is 14.3. The molecule has 0 spiro atoms. The Morgan fingerprint density at radius 3 is 2.27 bits per heavy atom. The van der Waals surface area contributed by atoms with E-state index in [0.717, 1.165) is 64.2 Å². The van der Waals surface area contributed by atoms with E-state index in [1.165, 1.54) is 23.8 Å². The van der Waals surface area contributed by atoms with Crippen LogP contribution in [0.1, 0.15) is 142 Å². The number of carbonyl (C=O) groups excluding carboxylic acids is 1. The molecule has 0 heterocycles. The minimum atomic E-state index is -1.17. The number of halogens is 1. The Bertz CT molecular complexity index is 1700. The van der Waals surface area contributed by atoms with Crippen molar-refractivity contribution in [2.24, 2.45) is 62.1 Å². The number of carboxylic acid groups (broad SMARTS) is 2. The fourth-order valence-electron chi connectivity index (χ4n) is 13.2. The van der Waals surface area contributed by atoms with Crippen molar-refractivity contribution in [2.75, 3.05) is 0 Å². The Hall–Kier alpha value is -3.14. The van der Waals surface area contributed by atoms with Gasteiger partial charge in [0.05, 0.1) is 17.4 Å². The zero-order valence-corrected chi connectivity index (χ0v) is 32.1. The zero-order chi connectivity index (χ0) is 37.5. The lowest BCUT2D eigenvalue weighted by Crippen LogP contribution is -2.66. The Morgan fingerprint density at radius 1 is 0.922 bits per heavy atom. The van der Waals surface area contributed by atoms with Gasteiger partial charge in [0.25, 0.3) is 0 Å². The van der Waals surface area contributed by atoms with Crippen molar-refractivity contribution in [1.29, 1.82) is 0 Å². The van der Waals surface area contributed by atoms with Gasteiger partial charge in [-0.1, -0.05) is 58.6 Å². The normalized spacial score (nSPS) is 39.5. The second-order valence-corrected chi connectivity index (χ2v) is 19.3. The predicted octanol–water partition coefficient (Wildman–Crippen LogP) is 9.95. The highest BCUT2D eigenvalue weighted by atomic mass is 19.1. The lowest BCUT2D eigenvalue weighted by Gasteiger charge is -2.72. The van der Waals surface area contributed by atoms with Crippen LogP contribution < -0.4 is 0 Å². The second-order valence-electron chi connectivity index (χ2n) is 19.3. The molecule has 0 radical (unpaired) electrons. The molecule has 278 valence electrons. The molecule has 2 N–H and O–H groups in total. The second kappa shape index (κ2) is 12.5. The summed E-state index contributed by atoms with van der Waals surface area (Å²) in [7, 11) is 0. The minimum Gasteiger partial charge on any atom is -0.481 e. The van der Waals surface area contributed by atoms with E-state index in [-0.39, 0.29) is 50.7 Å². The average molecular weight is 703 g/mol. The van der Waals surface area contributed by atoms with Crippen LogP contribution in [0.5, 0.6) is 0 Å². The van der Waals surface area contributed by atoms with Crippen molar-refractivity contribution in [3.8, 4) is 11.8 Å². The smallest absolute Gasteiger partial charge is 0.336 e. The first-order valence-electron chi connectivity index (χ1n) is 19.3. The van der Waals surface area contributed by atoms with E-state index in [1.807, 2.05) is 0 Å². The van der Waals surface area contributed by atoms with Crippen molar-refractivity contribution >= 4 is 17.9 Å². The number of hydrogen-bond acceptors (Lipinski definition) is 4. The van der Waals surface area contributed by atoms with Gasteiger partial charge in [-0.15, -0.1) is 0 Å². The number of hydrogen-bond donors (Lipinski definition) is 2. The third-order valence-electron chi connectivity index (χ3n) is 16.1. The summed E-state index contributed by atoms with van der Waals surface area (Å²) < 4.78 is 20.5. The van der Waals surface area contributed by atoms with Crippen LogP contribution in [0.3, 0.4) is 0 Å². The quantitative estimate of drug-likeness (QED) is 0.174. The summed E-state index contributed by atoms with van der Waals surface area (Å²) in [5, 5.41) is 19.4. The van der Waals surface area contributed by atoms with Gasteiger partial charge in [-0.2, -0.15) is 0 Å². The summed E-state index contributed by atoms with van der Waals surface area (Å²) in [6.07, 6.45) is 9.76. The van der Waals surface area contributed by atoms with Crippen LogP contribution in [0.2, 0.25) is 0 Å². The van der Waals surface area contributed by atoms with E-state index in [2.05, 4.69) is 60.0 Å². The number of esters is 1. The molecular formula is C44H59FO6. The Kier molecular flexibility index (Phi) is 9.20. The molecule has 5 fully saturated rings. The fourth-order valence-corrected chi connectivity index (χ4v) is 13.2. The number of rotatable bonds is 6. The van der Waals surface area contributed by atoms with Crippen molar-refractivity contribution in [1.82, 2.24) is 0 Å². The Labute approximate surface area is 304 Å². The van der Waals surface area contributed by atoms with Gasteiger partial charge in [-0.25, -0.2) is 9.18 Å².